The van der Waals surface area contributed by atoms with E-state index in [0.29, 0.717) is 46.8 Å². The Hall–Kier alpha value is -5.30. The molecule has 0 spiro atoms. The van der Waals surface area contributed by atoms with Gasteiger partial charge < -0.3 is 23.2 Å². The van der Waals surface area contributed by atoms with Gasteiger partial charge in [-0.1, -0.05) is 65.8 Å². The van der Waals surface area contributed by atoms with Gasteiger partial charge >= 0.3 is 11.3 Å². The summed E-state index contributed by atoms with van der Waals surface area (Å²) in [4.78, 5) is 30.0. The first-order valence-corrected chi connectivity index (χ1v) is 19.3. The van der Waals surface area contributed by atoms with Crippen LogP contribution in [0.2, 0.25) is 0 Å². The van der Waals surface area contributed by atoms with E-state index in [4.69, 9.17) is 18.3 Å². The highest BCUT2D eigenvalue weighted by Gasteiger charge is 2.42. The number of nitrogens with zero attached hydrogens (tertiary/aromatic N) is 1. The Morgan fingerprint density at radius 1 is 0.648 bits per heavy atom. The Morgan fingerprint density at radius 3 is 1.91 bits per heavy atom. The van der Waals surface area contributed by atoms with Crippen LogP contribution in [0.5, 0.6) is 11.5 Å². The van der Waals surface area contributed by atoms with Crippen molar-refractivity contribution in [2.45, 2.75) is 84.5 Å². The molecule has 4 heterocycles. The summed E-state index contributed by atoms with van der Waals surface area (Å²) in [6.45, 7) is 20.5. The molecule has 0 bridgehead atoms. The summed E-state index contributed by atoms with van der Waals surface area (Å²) < 4.78 is 23.9. The molecule has 2 aliphatic heterocycles. The van der Waals surface area contributed by atoms with Gasteiger partial charge in [0, 0.05) is 47.3 Å². The molecule has 54 heavy (non-hydrogen) atoms. The van der Waals surface area contributed by atoms with Crippen molar-refractivity contribution in [1.82, 2.24) is 0 Å². The summed E-state index contributed by atoms with van der Waals surface area (Å²) >= 11 is 0. The van der Waals surface area contributed by atoms with Crippen molar-refractivity contribution in [3.05, 3.63) is 110 Å². The predicted molar refractivity (Wildman–Crippen MR) is 217 cm³/mol. The van der Waals surface area contributed by atoms with Crippen LogP contribution in [0.3, 0.4) is 0 Å². The Kier molecular flexibility index (Phi) is 7.56. The maximum Gasteiger partial charge on any atom is 0.344 e. The topological polar surface area (TPSA) is 82.1 Å². The molecule has 0 amide bonds. The standard InChI is InChI=1S/C47H47NO6/c1-9-51-29-23-38(52-10-2)34-25-33(43(49)53-39(34)24-29)27-12-14-31-30-13-11-26(20-35(30)47(7,8)36(31)21-27)32-19-28-22-37-41-40(42(28)54-44(32)50)46(5,6)16-18-48(41)17-15-45(37,3)4/h11-14,19-25H,9-10,15-18H2,1-8H3. The quantitative estimate of drug-likeness (QED) is 0.158. The van der Waals surface area contributed by atoms with Gasteiger partial charge in [-0.2, -0.15) is 0 Å². The molecule has 7 nitrogen and oxygen atoms in total. The summed E-state index contributed by atoms with van der Waals surface area (Å²) in [5, 5.41) is 1.69. The summed E-state index contributed by atoms with van der Waals surface area (Å²) in [7, 11) is 0. The lowest BCUT2D eigenvalue weighted by atomic mass is 9.69. The van der Waals surface area contributed by atoms with Crippen LogP contribution in [0, 0.1) is 0 Å². The summed E-state index contributed by atoms with van der Waals surface area (Å²) in [6, 6.07) is 22.3. The number of benzene rings is 4. The maximum atomic E-state index is 14.0. The molecule has 0 atom stereocenters. The molecule has 2 aromatic heterocycles. The Bertz CT molecular complexity index is 2670. The third kappa shape index (κ3) is 5.07. The number of hydrogen-bond acceptors (Lipinski definition) is 7. The molecule has 9 rings (SSSR count). The lowest BCUT2D eigenvalue weighted by molar-refractivity contribution is 0.325. The van der Waals surface area contributed by atoms with E-state index in [0.717, 1.165) is 70.3 Å². The Morgan fingerprint density at radius 2 is 1.26 bits per heavy atom. The molecule has 0 fully saturated rings. The van der Waals surface area contributed by atoms with Gasteiger partial charge in [0.25, 0.3) is 0 Å². The summed E-state index contributed by atoms with van der Waals surface area (Å²) in [5.74, 6) is 1.20. The highest BCUT2D eigenvalue weighted by molar-refractivity contribution is 5.94. The molecule has 0 radical (unpaired) electrons. The fourth-order valence-electron chi connectivity index (χ4n) is 9.31. The number of fused-ring (bicyclic) bond motifs is 6. The largest absolute Gasteiger partial charge is 0.494 e. The van der Waals surface area contributed by atoms with Crippen LogP contribution in [0.4, 0.5) is 5.69 Å². The summed E-state index contributed by atoms with van der Waals surface area (Å²) in [5.41, 5.74) is 10.8. The molecule has 276 valence electrons. The van der Waals surface area contributed by atoms with Crippen LogP contribution in [-0.2, 0) is 16.2 Å². The van der Waals surface area contributed by atoms with E-state index in [9.17, 15) is 9.59 Å². The van der Waals surface area contributed by atoms with E-state index in [-0.39, 0.29) is 16.5 Å². The molecule has 7 heteroatoms. The average Bonchev–Trinajstić information content (AvgIpc) is 3.35. The van der Waals surface area contributed by atoms with E-state index in [2.05, 4.69) is 82.8 Å². The third-order valence-electron chi connectivity index (χ3n) is 12.4. The minimum atomic E-state index is -0.424. The zero-order valence-electron chi connectivity index (χ0n) is 32.5. The molecule has 0 unspecified atom stereocenters. The lowest BCUT2D eigenvalue weighted by Crippen LogP contribution is -2.44. The van der Waals surface area contributed by atoms with Crippen molar-refractivity contribution in [2.24, 2.45) is 0 Å². The van der Waals surface area contributed by atoms with Gasteiger partial charge in [0.1, 0.15) is 22.7 Å². The van der Waals surface area contributed by atoms with Gasteiger partial charge in [-0.25, -0.2) is 9.59 Å². The van der Waals surface area contributed by atoms with Crippen molar-refractivity contribution in [1.29, 1.82) is 0 Å². The first-order valence-electron chi connectivity index (χ1n) is 19.3. The smallest absolute Gasteiger partial charge is 0.344 e. The van der Waals surface area contributed by atoms with E-state index in [1.54, 1.807) is 6.07 Å². The van der Waals surface area contributed by atoms with Crippen molar-refractivity contribution in [3.8, 4) is 44.9 Å². The molecule has 6 aromatic rings. The molecule has 0 N–H and O–H groups in total. The minimum absolute atomic E-state index is 0.0210. The Balaban J connectivity index is 1.14. The molecule has 0 saturated carbocycles. The van der Waals surface area contributed by atoms with Gasteiger partial charge in [-0.05, 0) is 107 Å². The average molecular weight is 722 g/mol. The normalized spacial score (nSPS) is 17.3. The minimum Gasteiger partial charge on any atom is -0.494 e. The molecule has 1 aliphatic carbocycles. The third-order valence-corrected chi connectivity index (χ3v) is 12.4. The molecular weight excluding hydrogens is 675 g/mol. The van der Waals surface area contributed by atoms with Gasteiger partial charge in [0.05, 0.1) is 29.7 Å². The van der Waals surface area contributed by atoms with Crippen molar-refractivity contribution >= 4 is 27.6 Å². The number of anilines is 1. The SMILES string of the molecule is CCOc1cc(OCC)c2cc(-c3ccc4c(c3)C(C)(C)c3cc(-c5cc6cc7c8c(c6oc5=O)C(C)(C)CCN8CCC7(C)C)ccc3-4)c(=O)oc2c1. The number of rotatable bonds is 6. The second kappa shape index (κ2) is 11.8. The van der Waals surface area contributed by atoms with Gasteiger partial charge in [0.2, 0.25) is 0 Å². The predicted octanol–water partition coefficient (Wildman–Crippen LogP) is 10.5. The zero-order valence-corrected chi connectivity index (χ0v) is 32.5. The monoisotopic (exact) mass is 721 g/mol. The van der Waals surface area contributed by atoms with Gasteiger partial charge in [0.15, 0.2) is 0 Å². The Labute approximate surface area is 315 Å². The van der Waals surface area contributed by atoms with E-state index >= 15 is 0 Å². The van der Waals surface area contributed by atoms with Crippen LogP contribution in [0.1, 0.15) is 90.5 Å². The molecular formula is C47H47NO6. The fraction of sp³-hybridized carbons (Fsp3) is 0.362. The van der Waals surface area contributed by atoms with Crippen LogP contribution < -0.4 is 25.6 Å². The maximum absolute atomic E-state index is 14.0. The number of hydrogen-bond donors (Lipinski definition) is 0. The van der Waals surface area contributed by atoms with Crippen LogP contribution in [-0.4, -0.2) is 26.3 Å². The number of ether oxygens (including phenoxy) is 2. The molecule has 4 aromatic carbocycles. The molecule has 0 saturated heterocycles. The first-order chi connectivity index (χ1) is 25.7. The highest BCUT2D eigenvalue weighted by atomic mass is 16.5. The second-order valence-electron chi connectivity index (χ2n) is 17.1. The van der Waals surface area contributed by atoms with Crippen LogP contribution in [0.15, 0.2) is 85.2 Å². The van der Waals surface area contributed by atoms with Crippen molar-refractivity contribution < 1.29 is 18.3 Å². The fourth-order valence-corrected chi connectivity index (χ4v) is 9.31. The van der Waals surface area contributed by atoms with E-state index in [1.165, 1.54) is 16.8 Å². The second-order valence-corrected chi connectivity index (χ2v) is 17.1. The van der Waals surface area contributed by atoms with Crippen LogP contribution in [0.25, 0.3) is 55.3 Å². The van der Waals surface area contributed by atoms with Gasteiger partial charge in [-0.3, -0.25) is 0 Å². The lowest BCUT2D eigenvalue weighted by Gasteiger charge is -2.48. The van der Waals surface area contributed by atoms with Gasteiger partial charge in [-0.15, -0.1) is 0 Å². The van der Waals surface area contributed by atoms with Crippen LogP contribution >= 0.6 is 0 Å². The van der Waals surface area contributed by atoms with E-state index < -0.39 is 11.0 Å². The highest BCUT2D eigenvalue weighted by Crippen LogP contribution is 2.53. The van der Waals surface area contributed by atoms with E-state index in [1.807, 2.05) is 38.1 Å². The zero-order chi connectivity index (χ0) is 37.9. The molecule has 3 aliphatic rings. The summed E-state index contributed by atoms with van der Waals surface area (Å²) in [6.07, 6.45) is 2.11. The van der Waals surface area contributed by atoms with Crippen molar-refractivity contribution in [3.63, 3.8) is 0 Å². The van der Waals surface area contributed by atoms with Crippen molar-refractivity contribution in [2.75, 3.05) is 31.2 Å². The first kappa shape index (κ1) is 34.5.